The van der Waals surface area contributed by atoms with Crippen LogP contribution in [0, 0.1) is 0 Å². The topological polar surface area (TPSA) is 0 Å². The fourth-order valence-electron chi connectivity index (χ4n) is 8.98. The number of fused-ring (bicyclic) bond motifs is 11. The first-order valence-corrected chi connectivity index (χ1v) is 20.1. The maximum absolute atomic E-state index is 2.46. The average molecular weight is 719 g/mol. The molecule has 0 aliphatic heterocycles. The van der Waals surface area contributed by atoms with Gasteiger partial charge in [-0.05, 0) is 107 Å². The van der Waals surface area contributed by atoms with Crippen molar-refractivity contribution in [1.29, 1.82) is 0 Å². The van der Waals surface area contributed by atoms with Gasteiger partial charge in [-0.1, -0.05) is 146 Å². The summed E-state index contributed by atoms with van der Waals surface area (Å²) in [6, 6.07) is 67.8. The predicted octanol–water partition coefficient (Wildman–Crippen LogP) is 16.0. The predicted molar refractivity (Wildman–Crippen MR) is 239 cm³/mol. The molecule has 10 aromatic carbocycles. The Kier molecular flexibility index (Phi) is 6.48. The molecule has 0 aliphatic rings. The first kappa shape index (κ1) is 30.2. The Bertz CT molecular complexity index is 3430. The molecule has 2 heterocycles. The van der Waals surface area contributed by atoms with Gasteiger partial charge in [-0.25, -0.2) is 0 Å². The van der Waals surface area contributed by atoms with Crippen LogP contribution in [-0.4, -0.2) is 0 Å². The lowest BCUT2D eigenvalue weighted by molar-refractivity contribution is 1.66. The van der Waals surface area contributed by atoms with Crippen LogP contribution in [0.1, 0.15) is 0 Å². The molecule has 0 nitrogen and oxygen atoms in total. The molecule has 0 aliphatic carbocycles. The molecular weight excluding hydrogens is 689 g/mol. The van der Waals surface area contributed by atoms with Gasteiger partial charge in [0.05, 0.1) is 0 Å². The fraction of sp³-hybridized carbons (Fsp3) is 0. The van der Waals surface area contributed by atoms with Crippen LogP contribution in [0.2, 0.25) is 0 Å². The van der Waals surface area contributed by atoms with Gasteiger partial charge in [0.2, 0.25) is 0 Å². The van der Waals surface area contributed by atoms with Crippen LogP contribution in [-0.2, 0) is 0 Å². The molecule has 0 fully saturated rings. The minimum absolute atomic E-state index is 1.24. The fourth-order valence-corrected chi connectivity index (χ4v) is 11.3. The van der Waals surface area contributed by atoms with Crippen LogP contribution in [0.5, 0.6) is 0 Å². The maximum atomic E-state index is 2.46. The Morgan fingerprint density at radius 1 is 0.259 bits per heavy atom. The third kappa shape index (κ3) is 4.42. The van der Waals surface area contributed by atoms with Crippen LogP contribution in [0.3, 0.4) is 0 Å². The van der Waals surface area contributed by atoms with Gasteiger partial charge in [0.1, 0.15) is 0 Å². The van der Waals surface area contributed by atoms with Crippen LogP contribution in [0.25, 0.3) is 117 Å². The summed E-state index contributed by atoms with van der Waals surface area (Å²) < 4.78 is 5.43. The lowest BCUT2D eigenvalue weighted by atomic mass is 9.85. The maximum Gasteiger partial charge on any atom is 0.0434 e. The molecule has 0 saturated heterocycles. The third-order valence-corrected chi connectivity index (χ3v) is 13.7. The van der Waals surface area contributed by atoms with Gasteiger partial charge in [-0.2, -0.15) is 0 Å². The second-order valence-electron chi connectivity index (χ2n) is 14.4. The molecule has 12 rings (SSSR count). The number of benzene rings is 10. The molecular formula is C52H30S2. The van der Waals surface area contributed by atoms with E-state index in [4.69, 9.17) is 0 Å². The lowest BCUT2D eigenvalue weighted by Crippen LogP contribution is -1.91. The van der Waals surface area contributed by atoms with Gasteiger partial charge in [-0.15, -0.1) is 22.7 Å². The van der Waals surface area contributed by atoms with E-state index in [0.717, 1.165) is 0 Å². The lowest BCUT2D eigenvalue weighted by Gasteiger charge is -2.18. The van der Waals surface area contributed by atoms with Crippen molar-refractivity contribution in [2.45, 2.75) is 0 Å². The number of hydrogen-bond acceptors (Lipinski definition) is 2. The van der Waals surface area contributed by atoms with Crippen LogP contribution in [0.4, 0.5) is 0 Å². The molecule has 2 aromatic heterocycles. The smallest absolute Gasteiger partial charge is 0.0434 e. The van der Waals surface area contributed by atoms with E-state index < -0.39 is 0 Å². The summed E-state index contributed by atoms with van der Waals surface area (Å²) in [4.78, 5) is 0. The number of rotatable bonds is 3. The Balaban J connectivity index is 1.04. The molecule has 54 heavy (non-hydrogen) atoms. The van der Waals surface area contributed by atoms with Crippen molar-refractivity contribution in [1.82, 2.24) is 0 Å². The van der Waals surface area contributed by atoms with Crippen LogP contribution in [0.15, 0.2) is 182 Å². The summed E-state index contributed by atoms with van der Waals surface area (Å²) in [7, 11) is 0. The highest BCUT2D eigenvalue weighted by molar-refractivity contribution is 7.28. The monoisotopic (exact) mass is 718 g/mol. The zero-order valence-corrected chi connectivity index (χ0v) is 30.8. The van der Waals surface area contributed by atoms with Crippen molar-refractivity contribution in [3.63, 3.8) is 0 Å². The van der Waals surface area contributed by atoms with E-state index in [1.807, 2.05) is 22.7 Å². The molecule has 0 unspecified atom stereocenters. The average Bonchev–Trinajstić information content (AvgIpc) is 3.79. The van der Waals surface area contributed by atoms with E-state index >= 15 is 0 Å². The van der Waals surface area contributed by atoms with Gasteiger partial charge < -0.3 is 0 Å². The molecule has 0 radical (unpaired) electrons. The normalized spacial score (nSPS) is 12.1. The van der Waals surface area contributed by atoms with Crippen molar-refractivity contribution in [3.8, 4) is 33.4 Å². The molecule has 12 aromatic rings. The summed E-state index contributed by atoms with van der Waals surface area (Å²) in [6.45, 7) is 0. The van der Waals surface area contributed by atoms with Crippen LogP contribution >= 0.6 is 22.7 Å². The zero-order chi connectivity index (χ0) is 35.3. The second kappa shape index (κ2) is 11.6. The Morgan fingerprint density at radius 2 is 0.759 bits per heavy atom. The highest BCUT2D eigenvalue weighted by Gasteiger charge is 2.18. The molecule has 0 bridgehead atoms. The molecule has 0 saturated carbocycles. The summed E-state index contributed by atoms with van der Waals surface area (Å²) in [5, 5.41) is 15.7. The van der Waals surface area contributed by atoms with Crippen molar-refractivity contribution in [3.05, 3.63) is 182 Å². The Labute approximate surface area is 319 Å². The first-order valence-electron chi connectivity index (χ1n) is 18.5. The third-order valence-electron chi connectivity index (χ3n) is 11.4. The van der Waals surface area contributed by atoms with Crippen molar-refractivity contribution >= 4 is 106 Å². The zero-order valence-electron chi connectivity index (χ0n) is 29.1. The van der Waals surface area contributed by atoms with Gasteiger partial charge in [-0.3, -0.25) is 0 Å². The minimum atomic E-state index is 1.24. The van der Waals surface area contributed by atoms with Gasteiger partial charge in [0.25, 0.3) is 0 Å². The molecule has 0 amide bonds. The summed E-state index contributed by atoms with van der Waals surface area (Å²) in [5.41, 5.74) is 7.61. The van der Waals surface area contributed by atoms with E-state index in [2.05, 4.69) is 182 Å². The Morgan fingerprint density at radius 3 is 1.44 bits per heavy atom. The van der Waals surface area contributed by atoms with E-state index in [0.29, 0.717) is 0 Å². The van der Waals surface area contributed by atoms with Gasteiger partial charge in [0.15, 0.2) is 0 Å². The molecule has 2 heteroatoms. The van der Waals surface area contributed by atoms with E-state index in [-0.39, 0.29) is 0 Å². The highest BCUT2D eigenvalue weighted by Crippen LogP contribution is 2.47. The van der Waals surface area contributed by atoms with E-state index in [9.17, 15) is 0 Å². The summed E-state index contributed by atoms with van der Waals surface area (Å²) in [6.07, 6.45) is 0. The number of hydrogen-bond donors (Lipinski definition) is 0. The molecule has 0 N–H and O–H groups in total. The van der Waals surface area contributed by atoms with E-state index in [1.165, 1.54) is 117 Å². The molecule has 0 spiro atoms. The summed E-state index contributed by atoms with van der Waals surface area (Å²) >= 11 is 3.83. The minimum Gasteiger partial charge on any atom is -0.135 e. The van der Waals surface area contributed by atoms with Gasteiger partial charge >= 0.3 is 0 Å². The number of thiophene rings is 2. The van der Waals surface area contributed by atoms with Crippen LogP contribution < -0.4 is 0 Å². The second-order valence-corrected chi connectivity index (χ2v) is 16.5. The van der Waals surface area contributed by atoms with Crippen molar-refractivity contribution < 1.29 is 0 Å². The standard InChI is InChI=1S/C52H30S2/c1-2-12-31(13-3-1)50-38-16-5-7-18-40(38)51(41-19-8-6-17-39(41)50)35-25-23-32-26-34(24-22-33(32)27-35)43-28-46-45-30-48-44(37-15-10-11-21-47(37)53-48)29-49(45)54-52(46)42-20-9-4-14-36(42)43/h1-30H. The highest BCUT2D eigenvalue weighted by atomic mass is 32.1. The molecule has 0 atom stereocenters. The SMILES string of the molecule is c1ccc(-c2c3ccccc3c(-c3ccc4cc(-c5cc6c7cc8sc9ccccc9c8cc7sc6c6ccccc56)ccc4c3)c3ccccc23)cc1. The molecule has 250 valence electrons. The van der Waals surface area contributed by atoms with Crippen molar-refractivity contribution in [2.75, 3.05) is 0 Å². The largest absolute Gasteiger partial charge is 0.135 e. The van der Waals surface area contributed by atoms with Gasteiger partial charge in [0, 0.05) is 45.7 Å². The Hall–Kier alpha value is -6.32. The quantitative estimate of drug-likeness (QED) is 0.160. The van der Waals surface area contributed by atoms with E-state index in [1.54, 1.807) is 0 Å². The summed E-state index contributed by atoms with van der Waals surface area (Å²) in [5.74, 6) is 0. The first-order chi connectivity index (χ1) is 26.8. The van der Waals surface area contributed by atoms with Crippen molar-refractivity contribution in [2.24, 2.45) is 0 Å².